The Hall–Kier alpha value is -1.78. The molecule has 186 valence electrons. The van der Waals surface area contributed by atoms with Gasteiger partial charge in [-0.15, -0.1) is 0 Å². The first-order valence-electron chi connectivity index (χ1n) is 11.7. The quantitative estimate of drug-likeness (QED) is 0.329. The number of aliphatic hydroxyl groups excluding tert-OH is 3. The number of carbonyl (C=O) groups is 1. The number of rotatable bonds is 11. The second-order valence-corrected chi connectivity index (χ2v) is 9.38. The van der Waals surface area contributed by atoms with Crippen molar-refractivity contribution in [1.29, 1.82) is 0 Å². The molecule has 9 heteroatoms. The van der Waals surface area contributed by atoms with Gasteiger partial charge in [0.25, 0.3) is 0 Å². The van der Waals surface area contributed by atoms with Gasteiger partial charge in [0, 0.05) is 24.7 Å². The summed E-state index contributed by atoms with van der Waals surface area (Å²) in [5.41, 5.74) is 0.906. The SMILES string of the molecule is COC(=O)CCCc1cnc(/C=C(\C)C[C@@H]2OC[C@H](C[C@@H]3O[C@H]3[C@@H](C)[C@H](C)O)[C@@H](O)[C@H]2O)o1. The van der Waals surface area contributed by atoms with Crippen molar-refractivity contribution in [3.05, 3.63) is 23.4 Å². The van der Waals surface area contributed by atoms with Gasteiger partial charge in [0.05, 0.1) is 50.4 Å². The van der Waals surface area contributed by atoms with E-state index in [1.54, 1.807) is 19.2 Å². The number of ether oxygens (including phenoxy) is 3. The molecule has 0 unspecified atom stereocenters. The van der Waals surface area contributed by atoms with Crippen LogP contribution in [0.15, 0.2) is 16.2 Å². The molecule has 9 nitrogen and oxygen atoms in total. The normalized spacial score (nSPS) is 31.8. The van der Waals surface area contributed by atoms with Crippen LogP contribution in [0.3, 0.4) is 0 Å². The Labute approximate surface area is 194 Å². The van der Waals surface area contributed by atoms with Crippen LogP contribution < -0.4 is 0 Å². The van der Waals surface area contributed by atoms with Gasteiger partial charge in [-0.05, 0) is 39.2 Å². The molecule has 0 amide bonds. The second kappa shape index (κ2) is 11.6. The largest absolute Gasteiger partial charge is 0.469 e. The third kappa shape index (κ3) is 7.10. The zero-order valence-electron chi connectivity index (χ0n) is 19.8. The standard InChI is InChI=1S/C24H37NO8/c1-13(9-20-25-11-17(32-20)6-5-7-21(27)30-4)8-18-23(29)22(28)16(12-31-18)10-19-24(33-19)14(2)15(3)26/h9,11,14-16,18-19,22-24,26,28-29H,5-8,10,12H2,1-4H3/b13-9+/t14-,15-,16-,18-,19-,22+,23-,24-/m0/s1. The summed E-state index contributed by atoms with van der Waals surface area (Å²) in [5, 5.41) is 31.0. The fraction of sp³-hybridized carbons (Fsp3) is 0.750. The predicted molar refractivity (Wildman–Crippen MR) is 119 cm³/mol. The number of esters is 1. The number of nitrogens with zero attached hydrogens (tertiary/aromatic N) is 1. The maximum Gasteiger partial charge on any atom is 0.305 e. The number of aliphatic hydroxyl groups is 3. The van der Waals surface area contributed by atoms with Crippen LogP contribution in [-0.4, -0.2) is 76.6 Å². The van der Waals surface area contributed by atoms with Gasteiger partial charge in [-0.3, -0.25) is 4.79 Å². The first kappa shape index (κ1) is 25.8. The number of methoxy groups -OCH3 is 1. The molecule has 1 aromatic heterocycles. The lowest BCUT2D eigenvalue weighted by Gasteiger charge is -2.38. The van der Waals surface area contributed by atoms with Crippen molar-refractivity contribution >= 4 is 12.0 Å². The minimum atomic E-state index is -1.00. The Bertz CT molecular complexity index is 806. The predicted octanol–water partition coefficient (Wildman–Crippen LogP) is 1.87. The Morgan fingerprint density at radius 1 is 1.30 bits per heavy atom. The molecule has 2 saturated heterocycles. The minimum Gasteiger partial charge on any atom is -0.469 e. The fourth-order valence-corrected chi connectivity index (χ4v) is 4.31. The van der Waals surface area contributed by atoms with Crippen LogP contribution in [0, 0.1) is 11.8 Å². The zero-order valence-corrected chi connectivity index (χ0v) is 19.8. The highest BCUT2D eigenvalue weighted by atomic mass is 16.6. The van der Waals surface area contributed by atoms with Crippen LogP contribution in [0.25, 0.3) is 6.08 Å². The van der Waals surface area contributed by atoms with Crippen molar-refractivity contribution < 1.29 is 38.7 Å². The molecule has 33 heavy (non-hydrogen) atoms. The van der Waals surface area contributed by atoms with Gasteiger partial charge in [-0.2, -0.15) is 0 Å². The maximum atomic E-state index is 11.2. The van der Waals surface area contributed by atoms with Gasteiger partial charge in [-0.25, -0.2) is 4.98 Å². The lowest BCUT2D eigenvalue weighted by atomic mass is 9.85. The molecule has 0 aliphatic carbocycles. The second-order valence-electron chi connectivity index (χ2n) is 9.38. The molecule has 0 radical (unpaired) electrons. The first-order chi connectivity index (χ1) is 15.7. The molecule has 3 rings (SSSR count). The molecular formula is C24H37NO8. The van der Waals surface area contributed by atoms with Gasteiger partial charge in [-0.1, -0.05) is 12.5 Å². The highest BCUT2D eigenvalue weighted by Gasteiger charge is 2.48. The van der Waals surface area contributed by atoms with E-state index in [9.17, 15) is 20.1 Å². The highest BCUT2D eigenvalue weighted by Crippen LogP contribution is 2.38. The Morgan fingerprint density at radius 3 is 2.76 bits per heavy atom. The molecule has 8 atom stereocenters. The summed E-state index contributed by atoms with van der Waals surface area (Å²) in [7, 11) is 1.37. The van der Waals surface area contributed by atoms with E-state index in [-0.39, 0.29) is 30.0 Å². The Balaban J connectivity index is 1.46. The van der Waals surface area contributed by atoms with Crippen LogP contribution in [0.1, 0.15) is 58.1 Å². The molecule has 0 spiro atoms. The molecule has 2 aliphatic rings. The van der Waals surface area contributed by atoms with E-state index < -0.39 is 24.4 Å². The lowest BCUT2D eigenvalue weighted by Crippen LogP contribution is -2.50. The third-order valence-electron chi connectivity index (χ3n) is 6.67. The lowest BCUT2D eigenvalue weighted by molar-refractivity contribution is -0.165. The first-order valence-corrected chi connectivity index (χ1v) is 11.7. The monoisotopic (exact) mass is 467 g/mol. The van der Waals surface area contributed by atoms with Crippen molar-refractivity contribution in [3.8, 4) is 0 Å². The van der Waals surface area contributed by atoms with E-state index in [0.717, 1.165) is 5.57 Å². The molecule has 1 aromatic rings. The number of epoxide rings is 1. The summed E-state index contributed by atoms with van der Waals surface area (Å²) in [4.78, 5) is 15.4. The molecule has 0 saturated carbocycles. The molecule has 0 aromatic carbocycles. The average molecular weight is 468 g/mol. The van der Waals surface area contributed by atoms with Gasteiger partial charge >= 0.3 is 5.97 Å². The Kier molecular flexibility index (Phi) is 9.06. The molecular weight excluding hydrogens is 430 g/mol. The number of aryl methyl sites for hydroxylation is 1. The van der Waals surface area contributed by atoms with Crippen molar-refractivity contribution in [3.63, 3.8) is 0 Å². The van der Waals surface area contributed by atoms with Crippen LogP contribution in [0.2, 0.25) is 0 Å². The molecule has 0 bridgehead atoms. The number of carbonyl (C=O) groups excluding carboxylic acids is 1. The van der Waals surface area contributed by atoms with Crippen LogP contribution in [-0.2, 0) is 25.4 Å². The van der Waals surface area contributed by atoms with E-state index >= 15 is 0 Å². The summed E-state index contributed by atoms with van der Waals surface area (Å²) in [6.07, 6.45) is 3.11. The van der Waals surface area contributed by atoms with E-state index in [4.69, 9.17) is 13.9 Å². The number of hydrogen-bond donors (Lipinski definition) is 3. The number of hydrogen-bond acceptors (Lipinski definition) is 9. The van der Waals surface area contributed by atoms with Crippen molar-refractivity contribution in [2.45, 2.75) is 89.5 Å². The van der Waals surface area contributed by atoms with Gasteiger partial charge < -0.3 is 33.9 Å². The highest BCUT2D eigenvalue weighted by molar-refractivity contribution is 5.69. The van der Waals surface area contributed by atoms with Crippen LogP contribution >= 0.6 is 0 Å². The smallest absolute Gasteiger partial charge is 0.305 e. The average Bonchev–Trinajstić information content (AvgIpc) is 3.41. The van der Waals surface area contributed by atoms with E-state index in [1.807, 2.05) is 13.8 Å². The fourth-order valence-electron chi connectivity index (χ4n) is 4.31. The molecule has 3 N–H and O–H groups in total. The third-order valence-corrected chi connectivity index (χ3v) is 6.67. The van der Waals surface area contributed by atoms with Crippen LogP contribution in [0.4, 0.5) is 0 Å². The van der Waals surface area contributed by atoms with Crippen molar-refractivity contribution in [2.75, 3.05) is 13.7 Å². The zero-order chi connectivity index (χ0) is 24.1. The van der Waals surface area contributed by atoms with Crippen LogP contribution in [0.5, 0.6) is 0 Å². The Morgan fingerprint density at radius 2 is 2.06 bits per heavy atom. The molecule has 3 heterocycles. The van der Waals surface area contributed by atoms with E-state index in [0.29, 0.717) is 50.4 Å². The van der Waals surface area contributed by atoms with Gasteiger partial charge in [0.15, 0.2) is 0 Å². The number of aromatic nitrogens is 1. The molecule has 2 aliphatic heterocycles. The minimum absolute atomic E-state index is 0.0107. The summed E-state index contributed by atoms with van der Waals surface area (Å²) < 4.78 is 21.9. The summed E-state index contributed by atoms with van der Waals surface area (Å²) in [6, 6.07) is 0. The van der Waals surface area contributed by atoms with E-state index in [2.05, 4.69) is 9.72 Å². The number of oxazole rings is 1. The summed E-state index contributed by atoms with van der Waals surface area (Å²) in [6.45, 7) is 5.93. The van der Waals surface area contributed by atoms with Crippen molar-refractivity contribution in [2.24, 2.45) is 11.8 Å². The van der Waals surface area contributed by atoms with Gasteiger partial charge in [0.2, 0.25) is 5.89 Å². The summed E-state index contributed by atoms with van der Waals surface area (Å²) >= 11 is 0. The van der Waals surface area contributed by atoms with Gasteiger partial charge in [0.1, 0.15) is 11.9 Å². The topological polar surface area (TPSA) is 135 Å². The van der Waals surface area contributed by atoms with E-state index in [1.165, 1.54) is 7.11 Å². The molecule has 2 fully saturated rings. The maximum absolute atomic E-state index is 11.2. The summed E-state index contributed by atoms with van der Waals surface area (Å²) in [5.74, 6) is 0.713. The van der Waals surface area contributed by atoms with Crippen molar-refractivity contribution in [1.82, 2.24) is 4.98 Å².